The molecule has 2 aromatic carbocycles. The van der Waals surface area contributed by atoms with Crippen LogP contribution < -0.4 is 0 Å². The molecule has 0 spiro atoms. The lowest BCUT2D eigenvalue weighted by atomic mass is 9.99. The Morgan fingerprint density at radius 2 is 1.87 bits per heavy atom. The Kier molecular flexibility index (Phi) is 8.34. The number of allylic oxidation sites excluding steroid dienone is 1. The van der Waals surface area contributed by atoms with Crippen LogP contribution in [-0.2, 0) is 0 Å². The van der Waals surface area contributed by atoms with E-state index in [1.165, 1.54) is 4.91 Å². The second-order valence-corrected chi connectivity index (χ2v) is 9.60. The van der Waals surface area contributed by atoms with Gasteiger partial charge in [-0.15, -0.1) is 11.8 Å². The van der Waals surface area contributed by atoms with Gasteiger partial charge in [0.05, 0.1) is 28.2 Å². The van der Waals surface area contributed by atoms with Crippen molar-refractivity contribution in [3.05, 3.63) is 74.1 Å². The van der Waals surface area contributed by atoms with Gasteiger partial charge >= 0.3 is 5.97 Å². The summed E-state index contributed by atoms with van der Waals surface area (Å²) in [5.41, 5.74) is 3.52. The number of aromatic carboxylic acids is 1. The van der Waals surface area contributed by atoms with E-state index in [1.807, 2.05) is 24.3 Å². The van der Waals surface area contributed by atoms with Crippen LogP contribution in [0.4, 0.5) is 0 Å². The molecular weight excluding hydrogens is 451 g/mol. The molecule has 0 radical (unpaired) electrons. The molecule has 0 amide bonds. The first-order chi connectivity index (χ1) is 14.9. The van der Waals surface area contributed by atoms with Crippen LogP contribution in [0.1, 0.15) is 67.6 Å². The highest BCUT2D eigenvalue weighted by molar-refractivity contribution is 8.03. The third-order valence-corrected chi connectivity index (χ3v) is 6.96. The number of hydrazine groups is 1. The van der Waals surface area contributed by atoms with E-state index < -0.39 is 5.97 Å². The van der Waals surface area contributed by atoms with Gasteiger partial charge in [0.2, 0.25) is 0 Å². The molecule has 1 atom stereocenters. The summed E-state index contributed by atoms with van der Waals surface area (Å²) in [6.45, 7) is 7.37. The summed E-state index contributed by atoms with van der Waals surface area (Å²) in [4.78, 5) is 12.5. The van der Waals surface area contributed by atoms with Crippen molar-refractivity contribution < 1.29 is 9.90 Å². The number of rotatable bonds is 9. The van der Waals surface area contributed by atoms with Crippen molar-refractivity contribution in [1.29, 1.82) is 0 Å². The molecule has 0 bridgehead atoms. The SMILES string of the molecule is CCCC(c1ccc(C(=O)O)cc1)N(CCC)N1CSC(C)=C1c1ccc(Cl)cc1Cl. The van der Waals surface area contributed by atoms with E-state index in [4.69, 9.17) is 23.2 Å². The number of carboxylic acids is 1. The van der Waals surface area contributed by atoms with Crippen molar-refractivity contribution in [2.45, 2.75) is 46.1 Å². The van der Waals surface area contributed by atoms with Crippen LogP contribution in [0, 0.1) is 0 Å². The third kappa shape index (κ3) is 5.40. The molecule has 166 valence electrons. The van der Waals surface area contributed by atoms with Gasteiger partial charge < -0.3 is 5.11 Å². The molecule has 0 aliphatic carbocycles. The Morgan fingerprint density at radius 1 is 1.16 bits per heavy atom. The number of hydrogen-bond acceptors (Lipinski definition) is 4. The molecular formula is C24H28Cl2N2O2S. The zero-order valence-electron chi connectivity index (χ0n) is 18.1. The number of carbonyl (C=O) groups is 1. The number of benzene rings is 2. The van der Waals surface area contributed by atoms with Gasteiger partial charge in [0.1, 0.15) is 0 Å². The minimum atomic E-state index is -0.904. The molecule has 0 saturated carbocycles. The molecule has 2 aromatic rings. The maximum Gasteiger partial charge on any atom is 0.335 e. The molecule has 0 fully saturated rings. The number of carboxylic acid groups (broad SMARTS) is 1. The first-order valence-electron chi connectivity index (χ1n) is 10.5. The van der Waals surface area contributed by atoms with E-state index in [0.717, 1.165) is 48.5 Å². The fourth-order valence-electron chi connectivity index (χ4n) is 3.97. The maximum absolute atomic E-state index is 11.3. The maximum atomic E-state index is 11.3. The highest BCUT2D eigenvalue weighted by atomic mass is 35.5. The molecule has 31 heavy (non-hydrogen) atoms. The molecule has 1 N–H and O–H groups in total. The summed E-state index contributed by atoms with van der Waals surface area (Å²) in [5.74, 6) is -0.0914. The summed E-state index contributed by atoms with van der Waals surface area (Å²) in [5, 5.41) is 15.3. The Hall–Kier alpha value is -1.66. The summed E-state index contributed by atoms with van der Waals surface area (Å²) in [7, 11) is 0. The van der Waals surface area contributed by atoms with E-state index in [0.29, 0.717) is 15.6 Å². The topological polar surface area (TPSA) is 43.8 Å². The van der Waals surface area contributed by atoms with E-state index in [9.17, 15) is 9.90 Å². The van der Waals surface area contributed by atoms with Crippen molar-refractivity contribution in [2.24, 2.45) is 0 Å². The first kappa shape index (κ1) is 24.0. The Balaban J connectivity index is 2.02. The lowest BCUT2D eigenvalue weighted by Crippen LogP contribution is -2.43. The second-order valence-electron chi connectivity index (χ2n) is 7.60. The number of nitrogens with zero attached hydrogens (tertiary/aromatic N) is 2. The van der Waals surface area contributed by atoms with Gasteiger partial charge in [0.25, 0.3) is 0 Å². The quantitative estimate of drug-likeness (QED) is 0.402. The van der Waals surface area contributed by atoms with E-state index in [-0.39, 0.29) is 6.04 Å². The van der Waals surface area contributed by atoms with Crippen molar-refractivity contribution in [2.75, 3.05) is 12.4 Å². The average molecular weight is 479 g/mol. The molecule has 1 unspecified atom stereocenters. The fourth-order valence-corrected chi connectivity index (χ4v) is 5.41. The summed E-state index contributed by atoms with van der Waals surface area (Å²) < 4.78 is 0. The zero-order valence-corrected chi connectivity index (χ0v) is 20.4. The van der Waals surface area contributed by atoms with Crippen LogP contribution in [-0.4, -0.2) is 33.5 Å². The van der Waals surface area contributed by atoms with Crippen LogP contribution in [0.25, 0.3) is 5.70 Å². The van der Waals surface area contributed by atoms with E-state index >= 15 is 0 Å². The van der Waals surface area contributed by atoms with Gasteiger partial charge in [-0.2, -0.15) is 0 Å². The van der Waals surface area contributed by atoms with Crippen LogP contribution in [0.5, 0.6) is 0 Å². The van der Waals surface area contributed by atoms with Gasteiger partial charge in [-0.1, -0.05) is 55.6 Å². The first-order valence-corrected chi connectivity index (χ1v) is 12.3. The average Bonchev–Trinajstić information content (AvgIpc) is 3.11. The third-order valence-electron chi connectivity index (χ3n) is 5.41. The van der Waals surface area contributed by atoms with Crippen LogP contribution in [0.3, 0.4) is 0 Å². The summed E-state index contributed by atoms with van der Waals surface area (Å²) in [6, 6.07) is 13.1. The molecule has 1 aliphatic heterocycles. The van der Waals surface area contributed by atoms with Crippen molar-refractivity contribution in [3.8, 4) is 0 Å². The van der Waals surface area contributed by atoms with Gasteiger partial charge in [0, 0.05) is 22.0 Å². The monoisotopic (exact) mass is 478 g/mol. The molecule has 1 heterocycles. The minimum Gasteiger partial charge on any atom is -0.478 e. The molecule has 3 rings (SSSR count). The molecule has 0 saturated heterocycles. The smallest absolute Gasteiger partial charge is 0.335 e. The number of halogens is 2. The fraction of sp³-hybridized carbons (Fsp3) is 0.375. The second kappa shape index (κ2) is 10.8. The normalized spacial score (nSPS) is 15.1. The lowest BCUT2D eigenvalue weighted by molar-refractivity contribution is 0.00125. The highest BCUT2D eigenvalue weighted by Crippen LogP contribution is 2.44. The summed E-state index contributed by atoms with van der Waals surface area (Å²) in [6.07, 6.45) is 2.98. The van der Waals surface area contributed by atoms with Crippen molar-refractivity contribution >= 4 is 46.6 Å². The predicted octanol–water partition coefficient (Wildman–Crippen LogP) is 7.55. The van der Waals surface area contributed by atoms with Crippen molar-refractivity contribution in [3.63, 3.8) is 0 Å². The van der Waals surface area contributed by atoms with Crippen LogP contribution >= 0.6 is 35.0 Å². The van der Waals surface area contributed by atoms with Crippen LogP contribution in [0.15, 0.2) is 47.4 Å². The van der Waals surface area contributed by atoms with Crippen LogP contribution in [0.2, 0.25) is 10.0 Å². The highest BCUT2D eigenvalue weighted by Gasteiger charge is 2.32. The lowest BCUT2D eigenvalue weighted by Gasteiger charge is -2.41. The minimum absolute atomic E-state index is 0.139. The van der Waals surface area contributed by atoms with E-state index in [1.54, 1.807) is 30.0 Å². The Labute approximate surface area is 198 Å². The number of hydrogen-bond donors (Lipinski definition) is 1. The van der Waals surface area contributed by atoms with Gasteiger partial charge in [-0.05, 0) is 55.7 Å². The number of thioether (sulfide) groups is 1. The molecule has 1 aliphatic rings. The largest absolute Gasteiger partial charge is 0.478 e. The van der Waals surface area contributed by atoms with Gasteiger partial charge in [-0.25, -0.2) is 9.80 Å². The molecule has 4 nitrogen and oxygen atoms in total. The standard InChI is InChI=1S/C24H28Cl2N2O2S/c1-4-6-22(17-7-9-18(10-8-17)24(29)30)27(13-5-2)28-15-31-16(3)23(28)20-12-11-19(25)14-21(20)26/h7-12,14,22H,4-6,13,15H2,1-3H3,(H,29,30). The van der Waals surface area contributed by atoms with Crippen molar-refractivity contribution in [1.82, 2.24) is 10.0 Å². The van der Waals surface area contributed by atoms with Gasteiger partial charge in [-0.3, -0.25) is 5.01 Å². The molecule has 0 aromatic heterocycles. The zero-order chi connectivity index (χ0) is 22.5. The summed E-state index contributed by atoms with van der Waals surface area (Å²) >= 11 is 14.5. The Bertz CT molecular complexity index is 963. The Morgan fingerprint density at radius 3 is 2.45 bits per heavy atom. The van der Waals surface area contributed by atoms with Gasteiger partial charge in [0.15, 0.2) is 0 Å². The predicted molar refractivity (Wildman–Crippen MR) is 131 cm³/mol. The molecule has 7 heteroatoms. The van der Waals surface area contributed by atoms with E-state index in [2.05, 4.69) is 30.8 Å².